The first-order valence-electron chi connectivity index (χ1n) is 4.80. The van der Waals surface area contributed by atoms with E-state index in [1.807, 2.05) is 18.4 Å². The zero-order chi connectivity index (χ0) is 10.8. The highest BCUT2D eigenvalue weighted by Crippen LogP contribution is 2.10. The number of nitrogens with one attached hydrogen (secondary N) is 1. The second kappa shape index (κ2) is 3.68. The van der Waals surface area contributed by atoms with Gasteiger partial charge in [0.25, 0.3) is 0 Å². The van der Waals surface area contributed by atoms with Crippen LogP contribution in [0.25, 0.3) is 11.4 Å². The van der Waals surface area contributed by atoms with Crippen molar-refractivity contribution in [1.29, 1.82) is 0 Å². The zero-order valence-corrected chi connectivity index (χ0v) is 8.69. The molecule has 0 aliphatic heterocycles. The van der Waals surface area contributed by atoms with Crippen LogP contribution < -0.4 is 5.43 Å². The van der Waals surface area contributed by atoms with Crippen LogP contribution in [0, 0.1) is 6.92 Å². The molecular weight excluding hydrogens is 192 g/mol. The maximum atomic E-state index is 11.7. The summed E-state index contributed by atoms with van der Waals surface area (Å²) in [6, 6.07) is 1.56. The first-order chi connectivity index (χ1) is 7.22. The number of aromatic amines is 1. The molecule has 2 heterocycles. The van der Waals surface area contributed by atoms with E-state index in [2.05, 4.69) is 15.2 Å². The molecule has 0 saturated heterocycles. The minimum absolute atomic E-state index is 0.0334. The van der Waals surface area contributed by atoms with Crippen molar-refractivity contribution in [2.24, 2.45) is 0 Å². The lowest BCUT2D eigenvalue weighted by Crippen LogP contribution is -2.09. The van der Waals surface area contributed by atoms with E-state index in [0.29, 0.717) is 11.4 Å². The van der Waals surface area contributed by atoms with Gasteiger partial charge in [-0.15, -0.1) is 10.2 Å². The monoisotopic (exact) mass is 204 g/mol. The molecule has 78 valence electrons. The Bertz CT molecular complexity index is 526. The summed E-state index contributed by atoms with van der Waals surface area (Å²) in [5, 5.41) is 7.73. The maximum Gasteiger partial charge on any atom is 0.192 e. The molecule has 5 heteroatoms. The minimum Gasteiger partial charge on any atom is -0.364 e. The highest BCUT2D eigenvalue weighted by atomic mass is 16.1. The quantitative estimate of drug-likeness (QED) is 0.792. The highest BCUT2D eigenvalue weighted by molar-refractivity contribution is 5.53. The minimum atomic E-state index is -0.0334. The van der Waals surface area contributed by atoms with Crippen LogP contribution in [-0.2, 0) is 6.54 Å². The van der Waals surface area contributed by atoms with Crippen LogP contribution in [0.2, 0.25) is 0 Å². The first-order valence-corrected chi connectivity index (χ1v) is 4.80. The van der Waals surface area contributed by atoms with Gasteiger partial charge in [0.15, 0.2) is 11.3 Å². The van der Waals surface area contributed by atoms with Crippen molar-refractivity contribution < 1.29 is 0 Å². The molecule has 5 nitrogen and oxygen atoms in total. The van der Waals surface area contributed by atoms with Crippen LogP contribution in [0.15, 0.2) is 23.4 Å². The average Bonchev–Trinajstić information content (AvgIpc) is 2.65. The van der Waals surface area contributed by atoms with Gasteiger partial charge in [0.2, 0.25) is 0 Å². The third-order valence-electron chi connectivity index (χ3n) is 2.25. The van der Waals surface area contributed by atoms with Gasteiger partial charge in [-0.2, -0.15) is 0 Å². The van der Waals surface area contributed by atoms with Crippen LogP contribution in [-0.4, -0.2) is 19.7 Å². The van der Waals surface area contributed by atoms with E-state index in [4.69, 9.17) is 0 Å². The topological polar surface area (TPSA) is 63.6 Å². The Morgan fingerprint density at radius 3 is 3.00 bits per heavy atom. The fraction of sp³-hybridized carbons (Fsp3) is 0.300. The molecule has 2 aromatic heterocycles. The molecule has 0 radical (unpaired) electrons. The lowest BCUT2D eigenvalue weighted by atomic mass is 10.2. The molecule has 0 aliphatic carbocycles. The molecule has 1 N–H and O–H groups in total. The number of rotatable bonds is 2. The smallest absolute Gasteiger partial charge is 0.192 e. The molecule has 2 aromatic rings. The van der Waals surface area contributed by atoms with Gasteiger partial charge in [0.1, 0.15) is 6.33 Å². The van der Waals surface area contributed by atoms with E-state index in [9.17, 15) is 4.79 Å². The van der Waals surface area contributed by atoms with Gasteiger partial charge in [0, 0.05) is 24.5 Å². The van der Waals surface area contributed by atoms with Crippen molar-refractivity contribution in [3.63, 3.8) is 0 Å². The lowest BCUT2D eigenvalue weighted by molar-refractivity contribution is 0.766. The number of hydrogen-bond acceptors (Lipinski definition) is 3. The van der Waals surface area contributed by atoms with Gasteiger partial charge in [-0.3, -0.25) is 4.79 Å². The number of H-pyrrole nitrogens is 1. The number of pyridine rings is 1. The van der Waals surface area contributed by atoms with Gasteiger partial charge >= 0.3 is 0 Å². The Morgan fingerprint density at radius 1 is 1.53 bits per heavy atom. The summed E-state index contributed by atoms with van der Waals surface area (Å²) < 4.78 is 1.83. The van der Waals surface area contributed by atoms with Crippen LogP contribution in [0.3, 0.4) is 0 Å². The Morgan fingerprint density at radius 2 is 2.33 bits per heavy atom. The molecule has 0 fully saturated rings. The molecule has 0 unspecified atom stereocenters. The van der Waals surface area contributed by atoms with Gasteiger partial charge in [-0.25, -0.2) is 0 Å². The number of hydrogen-bond donors (Lipinski definition) is 1. The van der Waals surface area contributed by atoms with Gasteiger partial charge in [0.05, 0.1) is 5.56 Å². The fourth-order valence-electron chi connectivity index (χ4n) is 1.44. The van der Waals surface area contributed by atoms with Crippen molar-refractivity contribution in [3.05, 3.63) is 34.5 Å². The summed E-state index contributed by atoms with van der Waals surface area (Å²) in [4.78, 5) is 14.7. The van der Waals surface area contributed by atoms with Crippen molar-refractivity contribution in [3.8, 4) is 11.4 Å². The van der Waals surface area contributed by atoms with Crippen LogP contribution in [0.5, 0.6) is 0 Å². The number of nitrogens with zero attached hydrogens (tertiary/aromatic N) is 3. The van der Waals surface area contributed by atoms with Gasteiger partial charge in [-0.05, 0) is 13.8 Å². The van der Waals surface area contributed by atoms with Crippen molar-refractivity contribution in [2.45, 2.75) is 20.4 Å². The van der Waals surface area contributed by atoms with Gasteiger partial charge < -0.3 is 9.55 Å². The lowest BCUT2D eigenvalue weighted by Gasteiger charge is -2.02. The first kappa shape index (κ1) is 9.64. The van der Waals surface area contributed by atoms with Crippen LogP contribution in [0.4, 0.5) is 0 Å². The Hall–Kier alpha value is -1.91. The SMILES string of the molecule is CCn1cnnc1-c1c[nH]c(C)cc1=O. The van der Waals surface area contributed by atoms with Crippen molar-refractivity contribution in [2.75, 3.05) is 0 Å². The van der Waals surface area contributed by atoms with E-state index in [1.54, 1.807) is 18.6 Å². The summed E-state index contributed by atoms with van der Waals surface area (Å²) in [6.45, 7) is 4.57. The summed E-state index contributed by atoms with van der Waals surface area (Å²) in [5.74, 6) is 0.610. The van der Waals surface area contributed by atoms with E-state index in [0.717, 1.165) is 12.2 Å². The molecule has 0 saturated carbocycles. The molecule has 0 aliphatic rings. The van der Waals surface area contributed by atoms with Crippen LogP contribution in [0.1, 0.15) is 12.6 Å². The predicted octanol–water partition coefficient (Wildman–Crippen LogP) is 0.962. The Balaban J connectivity index is 2.59. The van der Waals surface area contributed by atoms with E-state index >= 15 is 0 Å². The van der Waals surface area contributed by atoms with E-state index in [1.165, 1.54) is 0 Å². The van der Waals surface area contributed by atoms with Gasteiger partial charge in [-0.1, -0.05) is 0 Å². The maximum absolute atomic E-state index is 11.7. The van der Waals surface area contributed by atoms with E-state index < -0.39 is 0 Å². The largest absolute Gasteiger partial charge is 0.364 e. The normalized spacial score (nSPS) is 10.5. The molecule has 15 heavy (non-hydrogen) atoms. The molecule has 2 rings (SSSR count). The fourth-order valence-corrected chi connectivity index (χ4v) is 1.44. The third kappa shape index (κ3) is 1.68. The summed E-state index contributed by atoms with van der Waals surface area (Å²) >= 11 is 0. The average molecular weight is 204 g/mol. The van der Waals surface area contributed by atoms with E-state index in [-0.39, 0.29) is 5.43 Å². The predicted molar refractivity (Wildman–Crippen MR) is 56.5 cm³/mol. The van der Waals surface area contributed by atoms with Crippen molar-refractivity contribution in [1.82, 2.24) is 19.7 Å². The number of aromatic nitrogens is 4. The summed E-state index contributed by atoms with van der Waals surface area (Å²) in [7, 11) is 0. The molecular formula is C10H12N4O. The standard InChI is InChI=1S/C10H12N4O/c1-3-14-6-12-13-10(14)8-5-11-7(2)4-9(8)15/h4-6H,3H2,1-2H3,(H,11,15). The van der Waals surface area contributed by atoms with Crippen molar-refractivity contribution >= 4 is 0 Å². The second-order valence-corrected chi connectivity index (χ2v) is 3.33. The highest BCUT2D eigenvalue weighted by Gasteiger charge is 2.09. The molecule has 0 aromatic carbocycles. The molecule has 0 amide bonds. The Labute approximate surface area is 86.8 Å². The number of aryl methyl sites for hydroxylation is 2. The molecule has 0 spiro atoms. The molecule has 0 bridgehead atoms. The third-order valence-corrected chi connectivity index (χ3v) is 2.25. The summed E-state index contributed by atoms with van der Waals surface area (Å²) in [5.41, 5.74) is 1.36. The Kier molecular flexibility index (Phi) is 2.37. The van der Waals surface area contributed by atoms with Crippen LogP contribution >= 0.6 is 0 Å². The summed E-state index contributed by atoms with van der Waals surface area (Å²) in [6.07, 6.45) is 3.29. The molecule has 0 atom stereocenters. The zero-order valence-electron chi connectivity index (χ0n) is 8.69. The second-order valence-electron chi connectivity index (χ2n) is 3.33.